The van der Waals surface area contributed by atoms with Crippen molar-refractivity contribution in [2.24, 2.45) is 0 Å². The molecule has 0 amide bonds. The summed E-state index contributed by atoms with van der Waals surface area (Å²) in [6, 6.07) is 48.3. The average Bonchev–Trinajstić information content (AvgIpc) is 3.55. The lowest BCUT2D eigenvalue weighted by molar-refractivity contribution is -0.222. The fraction of sp³-hybridized carbons (Fsp3) is 0.333. The number of ether oxygens (including phenoxy) is 7. The van der Waals surface area contributed by atoms with E-state index in [0.29, 0.717) is 6.61 Å². The Kier molecular flexibility index (Phi) is 17.3. The first-order valence-corrected chi connectivity index (χ1v) is 20.1. The van der Waals surface area contributed by atoms with Gasteiger partial charge in [0, 0.05) is 4.57 Å². The summed E-state index contributed by atoms with van der Waals surface area (Å²) < 4.78 is 61.9. The van der Waals surface area contributed by atoms with Crippen molar-refractivity contribution >= 4 is 8.25 Å². The predicted octanol–water partition coefficient (Wildman–Crippen LogP) is 7.31. The summed E-state index contributed by atoms with van der Waals surface area (Å²) in [5.41, 5.74) is 4.62. The van der Waals surface area contributed by atoms with Gasteiger partial charge in [-0.2, -0.15) is 0 Å². The van der Waals surface area contributed by atoms with Crippen molar-refractivity contribution < 1.29 is 52.2 Å². The molecule has 5 aromatic carbocycles. The Labute approximate surface area is 335 Å². The molecule has 0 aromatic heterocycles. The van der Waals surface area contributed by atoms with Gasteiger partial charge in [0.2, 0.25) is 0 Å². The van der Waals surface area contributed by atoms with E-state index >= 15 is 0 Å². The molecule has 2 N–H and O–H groups in total. The summed E-state index contributed by atoms with van der Waals surface area (Å²) in [6.07, 6.45) is -6.31. The minimum absolute atomic E-state index is 0.0943. The first kappa shape index (κ1) is 42.4. The number of hydrogen-bond acceptors (Lipinski definition) is 10. The van der Waals surface area contributed by atoms with Crippen molar-refractivity contribution in [3.05, 3.63) is 179 Å². The fourth-order valence-electron chi connectivity index (χ4n) is 6.36. The molecule has 12 heteroatoms. The van der Waals surface area contributed by atoms with Crippen molar-refractivity contribution in [2.45, 2.75) is 75.9 Å². The van der Waals surface area contributed by atoms with Crippen molar-refractivity contribution in [2.75, 3.05) is 19.8 Å². The average molecular weight is 798 g/mol. The van der Waals surface area contributed by atoms with E-state index in [1.807, 2.05) is 152 Å². The highest BCUT2D eigenvalue weighted by Crippen LogP contribution is 2.29. The molecule has 8 atom stereocenters. The van der Waals surface area contributed by atoms with Crippen LogP contribution in [0.5, 0.6) is 0 Å². The van der Waals surface area contributed by atoms with Gasteiger partial charge in [-0.3, -0.25) is 0 Å². The molecule has 1 heterocycles. The van der Waals surface area contributed by atoms with Gasteiger partial charge in [-0.25, -0.2) is 0 Å². The van der Waals surface area contributed by atoms with E-state index < -0.39 is 51.2 Å². The molecule has 6 rings (SSSR count). The minimum atomic E-state index is -2.95. The van der Waals surface area contributed by atoms with Crippen LogP contribution in [0.15, 0.2) is 152 Å². The van der Waals surface area contributed by atoms with Crippen LogP contribution >= 0.6 is 8.25 Å². The third-order valence-electron chi connectivity index (χ3n) is 9.38. The summed E-state index contributed by atoms with van der Waals surface area (Å²) >= 11 is 0. The molecule has 1 saturated heterocycles. The van der Waals surface area contributed by atoms with Gasteiger partial charge < -0.3 is 38.3 Å². The highest BCUT2D eigenvalue weighted by Gasteiger charge is 2.46. The Hall–Kier alpha value is -4.20. The molecule has 0 saturated carbocycles. The van der Waals surface area contributed by atoms with E-state index in [-0.39, 0.29) is 46.2 Å². The molecule has 300 valence electrons. The van der Waals surface area contributed by atoms with Crippen LogP contribution in [0.1, 0.15) is 27.8 Å². The van der Waals surface area contributed by atoms with Crippen LogP contribution < -0.4 is 0 Å². The van der Waals surface area contributed by atoms with Crippen LogP contribution in [-0.4, -0.2) is 72.7 Å². The van der Waals surface area contributed by atoms with Crippen LogP contribution in [0.3, 0.4) is 0 Å². The minimum Gasteiger partial charge on any atom is -0.387 e. The largest absolute Gasteiger partial charge is 0.694 e. The molecule has 0 radical (unpaired) electrons. The molecule has 1 aliphatic heterocycles. The zero-order valence-corrected chi connectivity index (χ0v) is 32.5. The van der Waals surface area contributed by atoms with Crippen molar-refractivity contribution in [3.63, 3.8) is 0 Å². The highest BCUT2D eigenvalue weighted by molar-refractivity contribution is 7.32. The SMILES string of the molecule is O=[P+](O)OC[C@@H](OCc1ccccc1)[C@@H](OCc1ccccc1)[C@H](CO[C@@H]1O[C@H](COCc2ccccc2)[C@@H](O)[C@H]1OCc1ccccc1)OCc1ccccc1. The van der Waals surface area contributed by atoms with Gasteiger partial charge >= 0.3 is 8.25 Å². The third kappa shape index (κ3) is 14.0. The zero-order valence-electron chi connectivity index (χ0n) is 31.6. The van der Waals surface area contributed by atoms with Gasteiger partial charge in [0.25, 0.3) is 0 Å². The van der Waals surface area contributed by atoms with Gasteiger partial charge in [0.05, 0.1) is 46.2 Å². The van der Waals surface area contributed by atoms with E-state index in [4.69, 9.17) is 37.7 Å². The van der Waals surface area contributed by atoms with Crippen LogP contribution in [-0.2, 0) is 75.3 Å². The molecular weight excluding hydrogens is 747 g/mol. The third-order valence-corrected chi connectivity index (χ3v) is 9.75. The molecule has 1 unspecified atom stereocenters. The summed E-state index contributed by atoms with van der Waals surface area (Å²) in [4.78, 5) is 9.72. The van der Waals surface area contributed by atoms with Gasteiger partial charge in [0.15, 0.2) is 6.29 Å². The summed E-state index contributed by atoms with van der Waals surface area (Å²) in [6.45, 7) is 0.835. The Bertz CT molecular complexity index is 1840. The van der Waals surface area contributed by atoms with Crippen LogP contribution in [0.2, 0.25) is 0 Å². The van der Waals surface area contributed by atoms with Crippen LogP contribution in [0.4, 0.5) is 0 Å². The number of hydrogen-bond donors (Lipinski definition) is 2. The molecule has 1 fully saturated rings. The standard InChI is InChI=1S/C45H49O11P/c46-42-39(31-49-26-34-16-6-1-7-17-34)56-45(44(42)53-30-38-24-14-5-15-25-38)54-32-40(50-27-35-18-8-2-9-19-35)43(52-29-37-22-12-4-13-23-37)41(33-55-57(47)48)51-28-36-20-10-3-11-21-36/h1-25,39-46H,26-33H2/p+1/t39-,40+,41-,42-,43+,44-,45-/m1/s1. The van der Waals surface area contributed by atoms with E-state index in [9.17, 15) is 14.6 Å². The van der Waals surface area contributed by atoms with Crippen LogP contribution in [0, 0.1) is 0 Å². The van der Waals surface area contributed by atoms with Crippen molar-refractivity contribution in [3.8, 4) is 0 Å². The van der Waals surface area contributed by atoms with E-state index in [1.165, 1.54) is 0 Å². The number of benzene rings is 5. The van der Waals surface area contributed by atoms with Gasteiger partial charge in [-0.1, -0.05) is 152 Å². The Morgan fingerprint density at radius 3 is 1.44 bits per heavy atom. The normalized spacial score (nSPS) is 19.9. The zero-order chi connectivity index (χ0) is 39.5. The number of aliphatic hydroxyl groups is 1. The Morgan fingerprint density at radius 2 is 0.965 bits per heavy atom. The summed E-state index contributed by atoms with van der Waals surface area (Å²) in [7, 11) is -2.95. The molecule has 0 bridgehead atoms. The first-order valence-electron chi connectivity index (χ1n) is 19.0. The molecule has 57 heavy (non-hydrogen) atoms. The smallest absolute Gasteiger partial charge is 0.387 e. The maximum atomic E-state index is 11.9. The highest BCUT2D eigenvalue weighted by atomic mass is 31.1. The quantitative estimate of drug-likeness (QED) is 0.0610. The first-order chi connectivity index (χ1) is 28.0. The van der Waals surface area contributed by atoms with E-state index in [2.05, 4.69) is 0 Å². The molecule has 1 aliphatic rings. The lowest BCUT2D eigenvalue weighted by Crippen LogP contribution is -2.48. The molecule has 11 nitrogen and oxygen atoms in total. The predicted molar refractivity (Wildman–Crippen MR) is 213 cm³/mol. The second kappa shape index (κ2) is 23.3. The maximum Gasteiger partial charge on any atom is 0.694 e. The van der Waals surface area contributed by atoms with Gasteiger partial charge in [-0.05, 0) is 27.8 Å². The Balaban J connectivity index is 1.25. The molecule has 0 spiro atoms. The second-order valence-electron chi connectivity index (χ2n) is 13.6. The topological polar surface area (TPSA) is 131 Å². The van der Waals surface area contributed by atoms with Crippen molar-refractivity contribution in [1.82, 2.24) is 0 Å². The van der Waals surface area contributed by atoms with E-state index in [0.717, 1.165) is 27.8 Å². The summed E-state index contributed by atoms with van der Waals surface area (Å²) in [5, 5.41) is 11.6. The number of rotatable bonds is 24. The second-order valence-corrected chi connectivity index (χ2v) is 14.3. The monoisotopic (exact) mass is 797 g/mol. The summed E-state index contributed by atoms with van der Waals surface area (Å²) in [5.74, 6) is 0. The van der Waals surface area contributed by atoms with Crippen LogP contribution in [0.25, 0.3) is 0 Å². The fourth-order valence-corrected chi connectivity index (χ4v) is 6.64. The molecule has 5 aromatic rings. The van der Waals surface area contributed by atoms with Gasteiger partial charge in [0.1, 0.15) is 43.2 Å². The Morgan fingerprint density at radius 1 is 0.544 bits per heavy atom. The lowest BCUT2D eigenvalue weighted by Gasteiger charge is -2.33. The molecular formula is C45H50O11P+. The van der Waals surface area contributed by atoms with Gasteiger partial charge in [-0.15, -0.1) is 9.42 Å². The lowest BCUT2D eigenvalue weighted by atomic mass is 10.1. The number of aliphatic hydroxyl groups excluding tert-OH is 1. The maximum absolute atomic E-state index is 11.9. The van der Waals surface area contributed by atoms with Crippen molar-refractivity contribution in [1.29, 1.82) is 0 Å². The van der Waals surface area contributed by atoms with E-state index in [1.54, 1.807) is 0 Å². The molecule has 0 aliphatic carbocycles.